The number of carbonyl (C=O) groups excluding carboxylic acids is 1. The van der Waals surface area contributed by atoms with E-state index in [4.69, 9.17) is 16.3 Å². The van der Waals surface area contributed by atoms with Crippen molar-refractivity contribution >= 4 is 28.8 Å². The fourth-order valence-electron chi connectivity index (χ4n) is 2.60. The summed E-state index contributed by atoms with van der Waals surface area (Å²) in [6.07, 6.45) is 2.23. The lowest BCUT2D eigenvalue weighted by molar-refractivity contribution is 0.0714. The highest BCUT2D eigenvalue weighted by Crippen LogP contribution is 2.29. The maximum absolute atomic E-state index is 12.3. The molecule has 1 N–H and O–H groups in total. The normalized spacial score (nSPS) is 19.1. The predicted octanol–water partition coefficient (Wildman–Crippen LogP) is 4.37. The molecule has 5 heteroatoms. The zero-order valence-electron chi connectivity index (χ0n) is 12.3. The summed E-state index contributed by atoms with van der Waals surface area (Å²) in [5, 5.41) is 3.75. The van der Waals surface area contributed by atoms with Crippen LogP contribution in [0, 0.1) is 0 Å². The quantitative estimate of drug-likeness (QED) is 0.901. The van der Waals surface area contributed by atoms with Gasteiger partial charge in [-0.1, -0.05) is 23.7 Å². The van der Waals surface area contributed by atoms with Crippen LogP contribution in [0.2, 0.25) is 5.02 Å². The first-order valence-electron chi connectivity index (χ1n) is 7.42. The summed E-state index contributed by atoms with van der Waals surface area (Å²) < 4.78 is 5.61. The van der Waals surface area contributed by atoms with E-state index in [-0.39, 0.29) is 18.1 Å². The van der Waals surface area contributed by atoms with Crippen LogP contribution < -0.4 is 5.32 Å². The Morgan fingerprint density at radius 1 is 1.32 bits per heavy atom. The van der Waals surface area contributed by atoms with Gasteiger partial charge in [-0.15, -0.1) is 11.3 Å². The topological polar surface area (TPSA) is 38.3 Å². The molecule has 22 heavy (non-hydrogen) atoms. The van der Waals surface area contributed by atoms with Crippen LogP contribution in [0.4, 0.5) is 0 Å². The first-order chi connectivity index (χ1) is 10.6. The molecule has 1 saturated heterocycles. The van der Waals surface area contributed by atoms with Crippen LogP contribution in [0.15, 0.2) is 36.4 Å². The molecule has 0 spiro atoms. The van der Waals surface area contributed by atoms with E-state index in [0.29, 0.717) is 5.02 Å². The highest BCUT2D eigenvalue weighted by atomic mass is 35.5. The molecule has 0 unspecified atom stereocenters. The number of hydrogen-bond donors (Lipinski definition) is 1. The van der Waals surface area contributed by atoms with Crippen molar-refractivity contribution in [2.75, 3.05) is 6.61 Å². The van der Waals surface area contributed by atoms with E-state index in [2.05, 4.69) is 5.32 Å². The Morgan fingerprint density at radius 2 is 2.09 bits per heavy atom. The summed E-state index contributed by atoms with van der Waals surface area (Å²) in [6.45, 7) is 2.80. The molecule has 0 aliphatic carbocycles. The van der Waals surface area contributed by atoms with Crippen molar-refractivity contribution in [1.29, 1.82) is 0 Å². The molecule has 0 bridgehead atoms. The zero-order valence-corrected chi connectivity index (χ0v) is 13.9. The highest BCUT2D eigenvalue weighted by Gasteiger charge is 2.24. The van der Waals surface area contributed by atoms with Gasteiger partial charge in [-0.25, -0.2) is 0 Å². The van der Waals surface area contributed by atoms with Crippen molar-refractivity contribution in [3.8, 4) is 10.4 Å². The Hall–Kier alpha value is -1.36. The number of halogens is 1. The second-order valence-corrected chi connectivity index (χ2v) is 7.00. The summed E-state index contributed by atoms with van der Waals surface area (Å²) in [6, 6.07) is 11.5. The summed E-state index contributed by atoms with van der Waals surface area (Å²) in [5.74, 6) is -0.0341. The van der Waals surface area contributed by atoms with Crippen molar-refractivity contribution in [1.82, 2.24) is 5.32 Å². The van der Waals surface area contributed by atoms with Gasteiger partial charge in [-0.2, -0.15) is 0 Å². The van der Waals surface area contributed by atoms with Crippen LogP contribution in [0.25, 0.3) is 10.4 Å². The van der Waals surface area contributed by atoms with Gasteiger partial charge in [0.2, 0.25) is 0 Å². The molecule has 2 aromatic rings. The van der Waals surface area contributed by atoms with Gasteiger partial charge in [0.1, 0.15) is 0 Å². The molecule has 1 aliphatic heterocycles. The Labute approximate surface area is 139 Å². The van der Waals surface area contributed by atoms with Crippen LogP contribution >= 0.6 is 22.9 Å². The number of thiophene rings is 1. The maximum atomic E-state index is 12.3. The fraction of sp³-hybridized carbons (Fsp3) is 0.353. The minimum atomic E-state index is -0.0341. The number of ether oxygens (including phenoxy) is 1. The molecular weight excluding hydrogens is 318 g/mol. The van der Waals surface area contributed by atoms with Crippen molar-refractivity contribution < 1.29 is 9.53 Å². The van der Waals surface area contributed by atoms with Crippen molar-refractivity contribution in [2.24, 2.45) is 0 Å². The third-order valence-electron chi connectivity index (χ3n) is 3.84. The van der Waals surface area contributed by atoms with Gasteiger partial charge in [0.15, 0.2) is 0 Å². The van der Waals surface area contributed by atoms with Crippen LogP contribution in [0.5, 0.6) is 0 Å². The fourth-order valence-corrected chi connectivity index (χ4v) is 3.64. The highest BCUT2D eigenvalue weighted by molar-refractivity contribution is 7.17. The number of rotatable bonds is 4. The average molecular weight is 336 g/mol. The average Bonchev–Trinajstić information content (AvgIpc) is 3.20. The van der Waals surface area contributed by atoms with E-state index in [0.717, 1.165) is 34.8 Å². The first-order valence-corrected chi connectivity index (χ1v) is 8.61. The Bertz CT molecular complexity index is 647. The lowest BCUT2D eigenvalue weighted by Crippen LogP contribution is -2.40. The van der Waals surface area contributed by atoms with Gasteiger partial charge in [-0.05, 0) is 49.6 Å². The standard InChI is InChI=1S/C17H18ClNO2S/c1-11(14-3-2-10-21-14)19-17(20)16-9-8-15(22-16)12-4-6-13(18)7-5-12/h4-9,11,14H,2-3,10H2,1H3,(H,19,20)/t11-,14+/m1/s1. The Kier molecular flexibility index (Phi) is 4.81. The minimum absolute atomic E-state index is 0.0341. The monoisotopic (exact) mass is 335 g/mol. The van der Waals surface area contributed by atoms with Gasteiger partial charge in [0, 0.05) is 16.5 Å². The maximum Gasteiger partial charge on any atom is 0.261 e. The van der Waals surface area contributed by atoms with Crippen molar-refractivity contribution in [3.05, 3.63) is 46.3 Å². The van der Waals surface area contributed by atoms with Gasteiger partial charge >= 0.3 is 0 Å². The first kappa shape index (κ1) is 15.5. The lowest BCUT2D eigenvalue weighted by Gasteiger charge is -2.19. The molecule has 1 amide bonds. The number of benzene rings is 1. The summed E-state index contributed by atoms with van der Waals surface area (Å²) in [7, 11) is 0. The van der Waals surface area contributed by atoms with E-state index in [1.54, 1.807) is 0 Å². The van der Waals surface area contributed by atoms with E-state index >= 15 is 0 Å². The lowest BCUT2D eigenvalue weighted by atomic mass is 10.1. The smallest absolute Gasteiger partial charge is 0.261 e. The molecule has 0 radical (unpaired) electrons. The predicted molar refractivity (Wildman–Crippen MR) is 90.7 cm³/mol. The number of hydrogen-bond acceptors (Lipinski definition) is 3. The summed E-state index contributed by atoms with van der Waals surface area (Å²) >= 11 is 7.39. The van der Waals surface area contributed by atoms with Crippen molar-refractivity contribution in [3.63, 3.8) is 0 Å². The van der Waals surface area contributed by atoms with E-state index < -0.39 is 0 Å². The molecule has 2 heterocycles. The molecule has 1 aliphatic rings. The molecule has 116 valence electrons. The number of amides is 1. The second kappa shape index (κ2) is 6.82. The number of nitrogens with one attached hydrogen (secondary N) is 1. The van der Waals surface area contributed by atoms with Crippen LogP contribution in [0.1, 0.15) is 29.4 Å². The van der Waals surface area contributed by atoms with Crippen LogP contribution in [-0.2, 0) is 4.74 Å². The second-order valence-electron chi connectivity index (χ2n) is 5.48. The van der Waals surface area contributed by atoms with Gasteiger partial charge < -0.3 is 10.1 Å². The van der Waals surface area contributed by atoms with E-state index in [1.807, 2.05) is 43.3 Å². The van der Waals surface area contributed by atoms with Gasteiger partial charge in [-0.3, -0.25) is 4.79 Å². The van der Waals surface area contributed by atoms with Gasteiger partial charge in [0.25, 0.3) is 5.91 Å². The number of carbonyl (C=O) groups is 1. The van der Waals surface area contributed by atoms with Crippen molar-refractivity contribution in [2.45, 2.75) is 31.9 Å². The molecule has 2 atom stereocenters. The van der Waals surface area contributed by atoms with Crippen LogP contribution in [-0.4, -0.2) is 24.7 Å². The van der Waals surface area contributed by atoms with E-state index in [1.165, 1.54) is 11.3 Å². The molecular formula is C17H18ClNO2S. The Balaban J connectivity index is 1.67. The SMILES string of the molecule is C[C@@H](NC(=O)c1ccc(-c2ccc(Cl)cc2)s1)[C@@H]1CCCO1. The van der Waals surface area contributed by atoms with Gasteiger partial charge in [0.05, 0.1) is 17.0 Å². The summed E-state index contributed by atoms with van der Waals surface area (Å²) in [4.78, 5) is 14.1. The third-order valence-corrected chi connectivity index (χ3v) is 5.22. The minimum Gasteiger partial charge on any atom is -0.376 e. The van der Waals surface area contributed by atoms with E-state index in [9.17, 15) is 4.79 Å². The molecule has 3 rings (SSSR count). The Morgan fingerprint density at radius 3 is 2.77 bits per heavy atom. The molecule has 1 aromatic heterocycles. The molecule has 0 saturated carbocycles. The summed E-state index contributed by atoms with van der Waals surface area (Å²) in [5.41, 5.74) is 1.07. The molecule has 3 nitrogen and oxygen atoms in total. The molecule has 1 fully saturated rings. The largest absolute Gasteiger partial charge is 0.376 e. The molecule has 1 aromatic carbocycles. The third kappa shape index (κ3) is 3.51. The zero-order chi connectivity index (χ0) is 15.5. The van der Waals surface area contributed by atoms with Crippen LogP contribution in [0.3, 0.4) is 0 Å².